The van der Waals surface area contributed by atoms with Gasteiger partial charge in [-0.25, -0.2) is 0 Å². The number of carbonyl (C=O) groups excluding carboxylic acids is 1. The van der Waals surface area contributed by atoms with E-state index in [1.165, 1.54) is 0 Å². The van der Waals surface area contributed by atoms with E-state index >= 15 is 0 Å². The molecule has 3 N–H and O–H groups in total. The minimum atomic E-state index is -0.326. The zero-order valence-electron chi connectivity index (χ0n) is 10.5. The van der Waals surface area contributed by atoms with Crippen LogP contribution < -0.4 is 11.1 Å². The van der Waals surface area contributed by atoms with E-state index in [1.807, 2.05) is 24.3 Å². The molecule has 0 radical (unpaired) electrons. The Hall–Kier alpha value is -1.35. The van der Waals surface area contributed by atoms with E-state index in [0.717, 1.165) is 25.1 Å². The second kappa shape index (κ2) is 4.49. The molecular weight excluding hydrogens is 212 g/mol. The number of primary amides is 1. The summed E-state index contributed by atoms with van der Waals surface area (Å²) in [5.74, 6) is 0.171. The van der Waals surface area contributed by atoms with Crippen LogP contribution in [0.3, 0.4) is 0 Å². The topological polar surface area (TPSA) is 55.1 Å². The quantitative estimate of drug-likeness (QED) is 0.815. The highest BCUT2D eigenvalue weighted by Gasteiger charge is 2.37. The Morgan fingerprint density at radius 1 is 1.47 bits per heavy atom. The predicted octanol–water partition coefficient (Wildman–Crippen LogP) is 1.67. The normalized spacial score (nSPS) is 28.9. The van der Waals surface area contributed by atoms with Crippen LogP contribution in [-0.2, 0) is 5.41 Å². The average molecular weight is 232 g/mol. The largest absolute Gasteiger partial charge is 0.366 e. The number of hydrogen-bond donors (Lipinski definition) is 2. The lowest BCUT2D eigenvalue weighted by atomic mass is 9.67. The molecular formula is C14H20N2O. The first kappa shape index (κ1) is 12.1. The summed E-state index contributed by atoms with van der Waals surface area (Å²) in [5, 5.41) is 3.39. The maximum Gasteiger partial charge on any atom is 0.248 e. The smallest absolute Gasteiger partial charge is 0.248 e. The van der Waals surface area contributed by atoms with Crippen LogP contribution in [0.25, 0.3) is 0 Å². The molecule has 0 aliphatic carbocycles. The van der Waals surface area contributed by atoms with E-state index in [0.29, 0.717) is 11.5 Å². The molecule has 1 aromatic rings. The molecule has 1 aromatic carbocycles. The number of amides is 1. The van der Waals surface area contributed by atoms with Crippen LogP contribution >= 0.6 is 0 Å². The second-order valence-corrected chi connectivity index (χ2v) is 5.18. The molecule has 1 amide bonds. The number of benzene rings is 1. The van der Waals surface area contributed by atoms with Gasteiger partial charge in [-0.15, -0.1) is 0 Å². The van der Waals surface area contributed by atoms with Crippen molar-refractivity contribution in [3.63, 3.8) is 0 Å². The highest BCUT2D eigenvalue weighted by atomic mass is 16.1. The van der Waals surface area contributed by atoms with Gasteiger partial charge in [0.15, 0.2) is 0 Å². The van der Waals surface area contributed by atoms with Crippen LogP contribution in [0, 0.1) is 5.92 Å². The van der Waals surface area contributed by atoms with Crippen molar-refractivity contribution in [1.82, 2.24) is 5.32 Å². The lowest BCUT2D eigenvalue weighted by Gasteiger charge is -2.41. The molecule has 17 heavy (non-hydrogen) atoms. The average Bonchev–Trinajstić information content (AvgIpc) is 2.33. The van der Waals surface area contributed by atoms with Crippen LogP contribution in [0.5, 0.6) is 0 Å². The first-order valence-corrected chi connectivity index (χ1v) is 6.16. The zero-order valence-corrected chi connectivity index (χ0v) is 10.5. The van der Waals surface area contributed by atoms with Crippen molar-refractivity contribution in [2.24, 2.45) is 11.7 Å². The first-order chi connectivity index (χ1) is 8.05. The lowest BCUT2D eigenvalue weighted by molar-refractivity contribution is 0.0995. The maximum absolute atomic E-state index is 11.5. The van der Waals surface area contributed by atoms with Crippen LogP contribution in [0.4, 0.5) is 0 Å². The van der Waals surface area contributed by atoms with Crippen LogP contribution in [0.2, 0.25) is 0 Å². The summed E-state index contributed by atoms with van der Waals surface area (Å²) in [6.45, 7) is 6.45. The monoisotopic (exact) mass is 232 g/mol. The summed E-state index contributed by atoms with van der Waals surface area (Å²) in [5.41, 5.74) is 7.28. The van der Waals surface area contributed by atoms with Crippen molar-refractivity contribution >= 4 is 5.91 Å². The zero-order chi connectivity index (χ0) is 12.5. The van der Waals surface area contributed by atoms with Crippen molar-refractivity contribution in [3.05, 3.63) is 35.4 Å². The van der Waals surface area contributed by atoms with Gasteiger partial charge in [0.25, 0.3) is 0 Å². The summed E-state index contributed by atoms with van der Waals surface area (Å²) in [6, 6.07) is 7.74. The molecule has 0 saturated carbocycles. The highest BCUT2D eigenvalue weighted by Crippen LogP contribution is 2.38. The maximum atomic E-state index is 11.5. The standard InChI is InChI=1S/C14H20N2O/c1-10-9-16-8-7-14(10,2)12-6-4-3-5-11(12)13(15)17/h3-6,10,16H,7-9H2,1-2H3,(H2,15,17). The van der Waals surface area contributed by atoms with Gasteiger partial charge in [-0.05, 0) is 42.5 Å². The predicted molar refractivity (Wildman–Crippen MR) is 69.0 cm³/mol. The van der Waals surface area contributed by atoms with Crippen molar-refractivity contribution in [2.45, 2.75) is 25.7 Å². The third-order valence-corrected chi connectivity index (χ3v) is 4.17. The second-order valence-electron chi connectivity index (χ2n) is 5.18. The molecule has 3 nitrogen and oxygen atoms in total. The fourth-order valence-corrected chi connectivity index (χ4v) is 2.73. The Balaban J connectivity index is 2.48. The molecule has 1 saturated heterocycles. The van der Waals surface area contributed by atoms with Gasteiger partial charge in [0.05, 0.1) is 0 Å². The Morgan fingerprint density at radius 2 is 2.18 bits per heavy atom. The Labute approximate surface area is 102 Å². The molecule has 1 aliphatic heterocycles. The summed E-state index contributed by atoms with van der Waals surface area (Å²) in [4.78, 5) is 11.5. The highest BCUT2D eigenvalue weighted by molar-refractivity contribution is 5.94. The number of carbonyl (C=O) groups is 1. The minimum Gasteiger partial charge on any atom is -0.366 e. The summed E-state index contributed by atoms with van der Waals surface area (Å²) in [6.07, 6.45) is 1.04. The van der Waals surface area contributed by atoms with E-state index in [9.17, 15) is 4.79 Å². The van der Waals surface area contributed by atoms with Crippen LogP contribution in [0.15, 0.2) is 24.3 Å². The summed E-state index contributed by atoms with van der Waals surface area (Å²) in [7, 11) is 0. The van der Waals surface area contributed by atoms with Gasteiger partial charge in [0.2, 0.25) is 5.91 Å². The van der Waals surface area contributed by atoms with Gasteiger partial charge in [-0.2, -0.15) is 0 Å². The molecule has 1 fully saturated rings. The van der Waals surface area contributed by atoms with Gasteiger partial charge < -0.3 is 11.1 Å². The van der Waals surface area contributed by atoms with Gasteiger partial charge in [-0.3, -0.25) is 4.79 Å². The van der Waals surface area contributed by atoms with E-state index in [2.05, 4.69) is 19.2 Å². The molecule has 0 bridgehead atoms. The first-order valence-electron chi connectivity index (χ1n) is 6.16. The summed E-state index contributed by atoms with van der Waals surface area (Å²) < 4.78 is 0. The lowest BCUT2D eigenvalue weighted by Crippen LogP contribution is -2.45. The molecule has 1 heterocycles. The molecule has 2 atom stereocenters. The molecule has 3 heteroatoms. The van der Waals surface area contributed by atoms with Crippen LogP contribution in [-0.4, -0.2) is 19.0 Å². The van der Waals surface area contributed by atoms with Gasteiger partial charge in [0, 0.05) is 5.56 Å². The minimum absolute atomic E-state index is 0.0386. The van der Waals surface area contributed by atoms with Crippen molar-refractivity contribution < 1.29 is 4.79 Å². The van der Waals surface area contributed by atoms with Crippen molar-refractivity contribution in [3.8, 4) is 0 Å². The Bertz CT molecular complexity index is 430. The van der Waals surface area contributed by atoms with Crippen molar-refractivity contribution in [2.75, 3.05) is 13.1 Å². The van der Waals surface area contributed by atoms with E-state index < -0.39 is 0 Å². The molecule has 0 aromatic heterocycles. The van der Waals surface area contributed by atoms with E-state index in [1.54, 1.807) is 0 Å². The number of nitrogens with two attached hydrogens (primary N) is 1. The number of piperidine rings is 1. The van der Waals surface area contributed by atoms with Crippen LogP contribution in [0.1, 0.15) is 36.2 Å². The van der Waals surface area contributed by atoms with E-state index in [4.69, 9.17) is 5.73 Å². The third kappa shape index (κ3) is 2.07. The fraction of sp³-hybridized carbons (Fsp3) is 0.500. The molecule has 0 spiro atoms. The number of hydrogen-bond acceptors (Lipinski definition) is 2. The third-order valence-electron chi connectivity index (χ3n) is 4.17. The number of rotatable bonds is 2. The van der Waals surface area contributed by atoms with Gasteiger partial charge in [0.1, 0.15) is 0 Å². The van der Waals surface area contributed by atoms with Crippen molar-refractivity contribution in [1.29, 1.82) is 0 Å². The Kier molecular flexibility index (Phi) is 3.20. The van der Waals surface area contributed by atoms with Gasteiger partial charge in [-0.1, -0.05) is 32.0 Å². The SMILES string of the molecule is CC1CNCCC1(C)c1ccccc1C(N)=O. The molecule has 1 aliphatic rings. The van der Waals surface area contributed by atoms with E-state index in [-0.39, 0.29) is 11.3 Å². The molecule has 92 valence electrons. The Morgan fingerprint density at radius 3 is 2.82 bits per heavy atom. The number of nitrogens with one attached hydrogen (secondary N) is 1. The fourth-order valence-electron chi connectivity index (χ4n) is 2.73. The molecule has 2 unspecified atom stereocenters. The summed E-state index contributed by atoms with van der Waals surface area (Å²) >= 11 is 0. The van der Waals surface area contributed by atoms with Gasteiger partial charge >= 0.3 is 0 Å². The molecule has 2 rings (SSSR count).